The summed E-state index contributed by atoms with van der Waals surface area (Å²) in [5, 5.41) is 1.02. The van der Waals surface area contributed by atoms with Crippen molar-refractivity contribution in [2.75, 3.05) is 20.8 Å². The molecular weight excluding hydrogens is 296 g/mol. The van der Waals surface area contributed by atoms with E-state index in [2.05, 4.69) is 0 Å². The number of rotatable bonds is 4. The largest absolute Gasteiger partial charge is 0.493 e. The summed E-state index contributed by atoms with van der Waals surface area (Å²) in [7, 11) is 3.16. The van der Waals surface area contributed by atoms with E-state index in [1.54, 1.807) is 14.2 Å². The minimum absolute atomic E-state index is 0.243. The topological polar surface area (TPSA) is 61.2 Å². The number of hydrogen-bond acceptors (Lipinski definition) is 5. The molecule has 1 aliphatic heterocycles. The highest BCUT2D eigenvalue weighted by Crippen LogP contribution is 2.41. The van der Waals surface area contributed by atoms with Crippen molar-refractivity contribution in [3.05, 3.63) is 33.2 Å². The van der Waals surface area contributed by atoms with Crippen LogP contribution in [0.5, 0.6) is 11.5 Å². The molecule has 0 spiro atoms. The lowest BCUT2D eigenvalue weighted by Crippen LogP contribution is -2.17. The Balaban J connectivity index is 2.07. The Hall–Kier alpha value is -2.01. The first-order valence-corrected chi connectivity index (χ1v) is 8.07. The molecule has 2 aliphatic rings. The minimum Gasteiger partial charge on any atom is -0.493 e. The van der Waals surface area contributed by atoms with Crippen molar-refractivity contribution in [3.63, 3.8) is 0 Å². The van der Waals surface area contributed by atoms with E-state index < -0.39 is 0 Å². The second kappa shape index (κ2) is 5.57. The molecule has 4 rings (SSSR count). The molecule has 2 aromatic rings. The number of aryl methyl sites for hydroxylation is 1. The molecule has 5 heteroatoms. The third-order valence-electron chi connectivity index (χ3n) is 4.77. The predicted molar refractivity (Wildman–Crippen MR) is 85.7 cm³/mol. The summed E-state index contributed by atoms with van der Waals surface area (Å²) in [5.41, 5.74) is 3.33. The predicted octanol–water partition coefficient (Wildman–Crippen LogP) is 2.63. The summed E-state index contributed by atoms with van der Waals surface area (Å²) < 4.78 is 22.0. The molecular formula is C18H20O5. The second-order valence-electron chi connectivity index (χ2n) is 6.19. The van der Waals surface area contributed by atoms with Gasteiger partial charge in [-0.15, -0.1) is 0 Å². The number of ether oxygens (including phenoxy) is 3. The molecule has 1 atom stereocenters. The van der Waals surface area contributed by atoms with Gasteiger partial charge in [0.2, 0.25) is 5.75 Å². The standard InChI is InChI=1S/C18H20O5/c1-20-14-8-10(7-11-9-22-11)15-12-5-3-4-6-13(12)18(19)23-17(15)16(14)21-2/h8,11H,3-7,9H2,1-2H3/t11-/m0/s1. The van der Waals surface area contributed by atoms with E-state index in [4.69, 9.17) is 18.6 Å². The fourth-order valence-electron chi connectivity index (χ4n) is 3.59. The lowest BCUT2D eigenvalue weighted by Gasteiger charge is -2.20. The Bertz CT molecular complexity index is 816. The van der Waals surface area contributed by atoms with Gasteiger partial charge in [0.25, 0.3) is 0 Å². The van der Waals surface area contributed by atoms with Crippen LogP contribution in [0.4, 0.5) is 0 Å². The Labute approximate surface area is 134 Å². The highest BCUT2D eigenvalue weighted by Gasteiger charge is 2.29. The Kier molecular flexibility index (Phi) is 3.53. The highest BCUT2D eigenvalue weighted by atomic mass is 16.6. The van der Waals surface area contributed by atoms with Crippen LogP contribution in [-0.4, -0.2) is 26.9 Å². The van der Waals surface area contributed by atoms with Crippen molar-refractivity contribution in [1.29, 1.82) is 0 Å². The van der Waals surface area contributed by atoms with Gasteiger partial charge in [-0.3, -0.25) is 0 Å². The first kappa shape index (κ1) is 14.6. The van der Waals surface area contributed by atoms with E-state index in [9.17, 15) is 4.79 Å². The van der Waals surface area contributed by atoms with Gasteiger partial charge in [0.15, 0.2) is 11.3 Å². The maximum Gasteiger partial charge on any atom is 0.339 e. The molecule has 0 saturated carbocycles. The highest BCUT2D eigenvalue weighted by molar-refractivity contribution is 5.92. The van der Waals surface area contributed by atoms with Crippen LogP contribution in [0.25, 0.3) is 11.0 Å². The molecule has 1 aromatic carbocycles. The molecule has 0 N–H and O–H groups in total. The number of fused-ring (bicyclic) bond motifs is 3. The molecule has 0 unspecified atom stereocenters. The molecule has 0 bridgehead atoms. The lowest BCUT2D eigenvalue weighted by molar-refractivity contribution is 0.350. The Morgan fingerprint density at radius 2 is 1.91 bits per heavy atom. The molecule has 23 heavy (non-hydrogen) atoms. The van der Waals surface area contributed by atoms with E-state index in [1.807, 2.05) is 6.07 Å². The smallest absolute Gasteiger partial charge is 0.339 e. The van der Waals surface area contributed by atoms with Crippen LogP contribution in [0.3, 0.4) is 0 Å². The minimum atomic E-state index is -0.243. The van der Waals surface area contributed by atoms with Gasteiger partial charge >= 0.3 is 5.63 Å². The first-order chi connectivity index (χ1) is 11.2. The van der Waals surface area contributed by atoms with Crippen molar-refractivity contribution in [3.8, 4) is 11.5 Å². The van der Waals surface area contributed by atoms with Crippen LogP contribution in [0.2, 0.25) is 0 Å². The summed E-state index contributed by atoms with van der Waals surface area (Å²) in [5.74, 6) is 1.09. The Morgan fingerprint density at radius 1 is 1.17 bits per heavy atom. The molecule has 0 radical (unpaired) electrons. The molecule has 1 fully saturated rings. The van der Waals surface area contributed by atoms with Crippen molar-refractivity contribution >= 4 is 11.0 Å². The quantitative estimate of drug-likeness (QED) is 0.641. The van der Waals surface area contributed by atoms with E-state index in [0.29, 0.717) is 17.1 Å². The molecule has 0 amide bonds. The van der Waals surface area contributed by atoms with E-state index >= 15 is 0 Å². The Morgan fingerprint density at radius 3 is 2.57 bits per heavy atom. The zero-order valence-electron chi connectivity index (χ0n) is 13.4. The average Bonchev–Trinajstić information content (AvgIpc) is 3.38. The lowest BCUT2D eigenvalue weighted by atomic mass is 9.88. The van der Waals surface area contributed by atoms with Gasteiger partial charge in [-0.05, 0) is 42.9 Å². The fraction of sp³-hybridized carbons (Fsp3) is 0.500. The van der Waals surface area contributed by atoms with Crippen LogP contribution >= 0.6 is 0 Å². The van der Waals surface area contributed by atoms with Crippen molar-refractivity contribution in [2.45, 2.75) is 38.2 Å². The summed E-state index contributed by atoms with van der Waals surface area (Å²) in [6.45, 7) is 0.787. The van der Waals surface area contributed by atoms with E-state index in [0.717, 1.165) is 60.8 Å². The van der Waals surface area contributed by atoms with Gasteiger partial charge in [-0.2, -0.15) is 0 Å². The number of methoxy groups -OCH3 is 2. The summed E-state index contributed by atoms with van der Waals surface area (Å²) in [4.78, 5) is 12.4. The zero-order valence-corrected chi connectivity index (χ0v) is 13.4. The third kappa shape index (κ3) is 2.39. The van der Waals surface area contributed by atoms with Gasteiger partial charge in [0, 0.05) is 17.4 Å². The zero-order chi connectivity index (χ0) is 16.0. The third-order valence-corrected chi connectivity index (χ3v) is 4.77. The fourth-order valence-corrected chi connectivity index (χ4v) is 3.59. The number of benzene rings is 1. The van der Waals surface area contributed by atoms with Crippen molar-refractivity contribution < 1.29 is 18.6 Å². The molecule has 1 saturated heterocycles. The van der Waals surface area contributed by atoms with Gasteiger partial charge in [0.1, 0.15) is 0 Å². The van der Waals surface area contributed by atoms with Gasteiger partial charge in [-0.1, -0.05) is 0 Å². The molecule has 5 nitrogen and oxygen atoms in total. The van der Waals surface area contributed by atoms with Gasteiger partial charge in [0.05, 0.1) is 26.9 Å². The van der Waals surface area contributed by atoms with Crippen LogP contribution in [0.1, 0.15) is 29.5 Å². The molecule has 1 aromatic heterocycles. The molecule has 2 heterocycles. The van der Waals surface area contributed by atoms with E-state index in [1.165, 1.54) is 0 Å². The van der Waals surface area contributed by atoms with Gasteiger partial charge in [-0.25, -0.2) is 4.79 Å². The second-order valence-corrected chi connectivity index (χ2v) is 6.19. The van der Waals surface area contributed by atoms with Crippen LogP contribution in [0.15, 0.2) is 15.3 Å². The maximum absolute atomic E-state index is 12.4. The van der Waals surface area contributed by atoms with Gasteiger partial charge < -0.3 is 18.6 Å². The van der Waals surface area contributed by atoms with Crippen LogP contribution in [-0.2, 0) is 24.0 Å². The van der Waals surface area contributed by atoms with Crippen LogP contribution < -0.4 is 15.1 Å². The summed E-state index contributed by atoms with van der Waals surface area (Å²) in [6, 6.07) is 2.00. The van der Waals surface area contributed by atoms with Crippen molar-refractivity contribution in [2.24, 2.45) is 0 Å². The molecule has 122 valence electrons. The van der Waals surface area contributed by atoms with E-state index in [-0.39, 0.29) is 11.7 Å². The summed E-state index contributed by atoms with van der Waals surface area (Å²) in [6.07, 6.45) is 4.89. The normalized spacial score (nSPS) is 19.5. The summed E-state index contributed by atoms with van der Waals surface area (Å²) >= 11 is 0. The number of epoxide rings is 1. The number of hydrogen-bond donors (Lipinski definition) is 0. The monoisotopic (exact) mass is 316 g/mol. The average molecular weight is 316 g/mol. The van der Waals surface area contributed by atoms with Crippen molar-refractivity contribution in [1.82, 2.24) is 0 Å². The SMILES string of the molecule is COc1cc(C[C@H]2CO2)c2c3c(c(=O)oc2c1OC)CCCC3. The van der Waals surface area contributed by atoms with Crippen LogP contribution in [0, 0.1) is 0 Å². The molecule has 1 aliphatic carbocycles. The maximum atomic E-state index is 12.4. The first-order valence-electron chi connectivity index (χ1n) is 8.07.